The summed E-state index contributed by atoms with van der Waals surface area (Å²) in [6.45, 7) is 0.321. The molecule has 0 radical (unpaired) electrons. The van der Waals surface area contributed by atoms with Crippen LogP contribution in [0.5, 0.6) is 0 Å². The number of amides is 2. The van der Waals surface area contributed by atoms with E-state index in [-0.39, 0.29) is 23.7 Å². The van der Waals surface area contributed by atoms with E-state index in [9.17, 15) is 18.0 Å². The number of hydrogen-bond donors (Lipinski definition) is 4. The summed E-state index contributed by atoms with van der Waals surface area (Å²) in [6.07, 6.45) is 0. The number of aliphatic hydroxyl groups excluding tert-OH is 2. The minimum absolute atomic E-state index is 0.0105. The van der Waals surface area contributed by atoms with E-state index in [2.05, 4.69) is 20.6 Å². The number of aliphatic imine (C=N–C) groups is 2. The number of nitrogens with zero attached hydrogens (tertiary/aromatic N) is 2. The lowest BCUT2D eigenvalue weighted by atomic mass is 10.9. The molecule has 10 nitrogen and oxygen atoms in total. The zero-order chi connectivity index (χ0) is 34.5. The molecule has 0 aromatic heterocycles. The van der Waals surface area contributed by atoms with Crippen LogP contribution in [-0.4, -0.2) is 147 Å². The van der Waals surface area contributed by atoms with Crippen molar-refractivity contribution in [2.24, 2.45) is 9.98 Å². The molecule has 0 saturated heterocycles. The topological polar surface area (TPSA) is 158 Å². The average Bonchev–Trinajstić information content (AvgIpc) is 3.06. The maximum absolute atomic E-state index is 12.1. The Morgan fingerprint density at radius 1 is 0.553 bits per heavy atom. The van der Waals surface area contributed by atoms with Gasteiger partial charge >= 0.3 is 0 Å². The first kappa shape index (κ1) is 49.7. The third-order valence-electron chi connectivity index (χ3n) is 4.02. The van der Waals surface area contributed by atoms with Gasteiger partial charge in [0.15, 0.2) is 0 Å². The van der Waals surface area contributed by atoms with Crippen LogP contribution in [0.3, 0.4) is 0 Å². The van der Waals surface area contributed by atoms with Gasteiger partial charge in [0.1, 0.15) is 0 Å². The van der Waals surface area contributed by atoms with Crippen LogP contribution in [0.2, 0.25) is 0 Å². The van der Waals surface area contributed by atoms with Crippen molar-refractivity contribution >= 4 is 184 Å². The molecule has 4 N–H and O–H groups in total. The number of nitrogens with one attached hydrogen (secondary N) is 2. The number of aliphatic hydroxyl groups is 2. The van der Waals surface area contributed by atoms with Gasteiger partial charge < -0.3 is 20.8 Å². The van der Waals surface area contributed by atoms with E-state index >= 15 is 0 Å². The summed E-state index contributed by atoms with van der Waals surface area (Å²) >= 11 is 19.1. The van der Waals surface area contributed by atoms with Gasteiger partial charge in [0.2, 0.25) is 0 Å². The van der Waals surface area contributed by atoms with Crippen LogP contribution < -0.4 is 10.6 Å². The molecule has 0 aliphatic heterocycles. The lowest BCUT2D eigenvalue weighted by molar-refractivity contribution is 0.261. The van der Waals surface area contributed by atoms with E-state index in [4.69, 9.17) is 10.2 Å². The van der Waals surface area contributed by atoms with Crippen molar-refractivity contribution in [1.29, 1.82) is 0 Å². The Morgan fingerprint density at radius 2 is 1.06 bits per heavy atom. The highest BCUT2D eigenvalue weighted by atomic mass is 32.3. The van der Waals surface area contributed by atoms with Gasteiger partial charge in [-0.3, -0.25) is 28.0 Å². The minimum Gasteiger partial charge on any atom is -0.396 e. The molecule has 2 atom stereocenters. The van der Waals surface area contributed by atoms with Crippen molar-refractivity contribution in [1.82, 2.24) is 10.6 Å². The van der Waals surface area contributed by atoms with Crippen LogP contribution in [0.15, 0.2) is 9.98 Å². The number of hydrogen-bond acceptors (Lipinski definition) is 20. The van der Waals surface area contributed by atoms with Gasteiger partial charge in [0.05, 0.1) is 74.5 Å². The summed E-state index contributed by atoms with van der Waals surface area (Å²) in [5, 5.41) is 28.5. The maximum atomic E-state index is 12.1. The van der Waals surface area contributed by atoms with Crippen LogP contribution in [0, 0.1) is 0 Å². The number of rotatable bonds is 34. The number of carbonyl (C=O) groups is 2. The molecule has 0 aliphatic rings. The number of thioether (sulfide) groups is 12. The first-order chi connectivity index (χ1) is 23.0. The highest BCUT2D eigenvalue weighted by Gasteiger charge is 2.04. The van der Waals surface area contributed by atoms with Crippen molar-refractivity contribution in [2.45, 2.75) is 0 Å². The van der Waals surface area contributed by atoms with Crippen LogP contribution in [0.25, 0.3) is 0 Å². The fourth-order valence-corrected chi connectivity index (χ4v) is 15.9. The second kappa shape index (κ2) is 41.5. The van der Waals surface area contributed by atoms with E-state index in [1.54, 1.807) is 118 Å². The summed E-state index contributed by atoms with van der Waals surface area (Å²) in [6, 6.07) is 0. The Labute approximate surface area is 336 Å². The molecule has 0 saturated carbocycles. The van der Waals surface area contributed by atoms with Crippen molar-refractivity contribution in [3.05, 3.63) is 0 Å². The molecule has 0 aliphatic carbocycles. The molecule has 24 heteroatoms. The van der Waals surface area contributed by atoms with Crippen molar-refractivity contribution in [3.8, 4) is 0 Å². The predicted octanol–water partition coefficient (Wildman–Crippen LogP) is 6.28. The molecule has 0 heterocycles. The Morgan fingerprint density at radius 3 is 1.68 bits per heavy atom. The summed E-state index contributed by atoms with van der Waals surface area (Å²) in [5.41, 5.74) is 3.02. The molecule has 0 bridgehead atoms. The maximum Gasteiger partial charge on any atom is 0.280 e. The Bertz CT molecular complexity index is 869. The SMILES string of the molecule is O=C(NCSCSCSCN=CS(=O)CSCSCSC(=O)NCSCSCSCN=CS(=O)CCSCCO)SCCSCCO. The van der Waals surface area contributed by atoms with Crippen LogP contribution in [0.1, 0.15) is 0 Å². The number of carbonyl (C=O) groups excluding carboxylic acids is 2. The standard InChI is InChI=1S/C23H44N4O6S14/c28-1-3-34-5-6-44-22(30)26-11-38-17-41-16-37-10-25-14-47(33)21-43-19-42-20-45-23(31)27-12-39-18-40-15-36-9-24-13-46(32)8-7-35-4-2-29/h13-14,28-29H,1-12,15-21H2,(H,26,30)(H,27,31). The Hall–Kier alpha value is 2.70. The van der Waals surface area contributed by atoms with E-state index in [1.807, 2.05) is 0 Å². The van der Waals surface area contributed by atoms with Gasteiger partial charge in [-0.1, -0.05) is 23.5 Å². The average molecular weight is 922 g/mol. The third-order valence-corrected chi connectivity index (χ3v) is 19.8. The largest absolute Gasteiger partial charge is 0.396 e. The molecule has 47 heavy (non-hydrogen) atoms. The second-order valence-corrected chi connectivity index (χ2v) is 25.1. The molecule has 0 aromatic rings. The van der Waals surface area contributed by atoms with Gasteiger partial charge in [0, 0.05) is 65.0 Å². The van der Waals surface area contributed by atoms with E-state index in [1.165, 1.54) is 34.6 Å². The van der Waals surface area contributed by atoms with Gasteiger partial charge in [-0.25, -0.2) is 0 Å². The van der Waals surface area contributed by atoms with Gasteiger partial charge in [0.25, 0.3) is 10.5 Å². The first-order valence-electron chi connectivity index (χ1n) is 13.5. The summed E-state index contributed by atoms with van der Waals surface area (Å²) < 4.78 is 23.8. The van der Waals surface area contributed by atoms with Crippen LogP contribution >= 0.6 is 141 Å². The summed E-state index contributed by atoms with van der Waals surface area (Å²) in [5.74, 6) is 6.61. The molecule has 0 aromatic carbocycles. The molecular formula is C23H44N4O6S14. The normalized spacial score (nSPS) is 13.0. The van der Waals surface area contributed by atoms with E-state index in [0.29, 0.717) is 50.9 Å². The molecule has 276 valence electrons. The van der Waals surface area contributed by atoms with Gasteiger partial charge in [-0.05, 0) is 0 Å². The second-order valence-electron chi connectivity index (χ2n) is 7.64. The molecule has 0 rings (SSSR count). The highest BCUT2D eigenvalue weighted by Crippen LogP contribution is 2.21. The van der Waals surface area contributed by atoms with E-state index < -0.39 is 21.6 Å². The van der Waals surface area contributed by atoms with Gasteiger partial charge in [-0.2, -0.15) is 23.5 Å². The van der Waals surface area contributed by atoms with Gasteiger partial charge in [-0.15, -0.1) is 94.1 Å². The van der Waals surface area contributed by atoms with Crippen molar-refractivity contribution in [3.63, 3.8) is 0 Å². The molecule has 2 amide bonds. The zero-order valence-electron chi connectivity index (χ0n) is 25.7. The first-order valence-corrected chi connectivity index (χ1v) is 29.8. The highest BCUT2D eigenvalue weighted by molar-refractivity contribution is 8.29. The lowest BCUT2D eigenvalue weighted by Gasteiger charge is -2.05. The van der Waals surface area contributed by atoms with E-state index in [0.717, 1.165) is 42.7 Å². The quantitative estimate of drug-likeness (QED) is 0.0247. The molecule has 2 unspecified atom stereocenters. The minimum atomic E-state index is -1.11. The third kappa shape index (κ3) is 41.3. The predicted molar refractivity (Wildman–Crippen MR) is 238 cm³/mol. The van der Waals surface area contributed by atoms with Crippen molar-refractivity contribution < 1.29 is 28.2 Å². The summed E-state index contributed by atoms with van der Waals surface area (Å²) in [7, 11) is -2.15. The fraction of sp³-hybridized carbons (Fsp3) is 0.826. The van der Waals surface area contributed by atoms with Crippen molar-refractivity contribution in [2.75, 3.05) is 107 Å². The Balaban J connectivity index is 3.44. The van der Waals surface area contributed by atoms with Crippen LogP contribution in [-0.2, 0) is 21.6 Å². The summed E-state index contributed by atoms with van der Waals surface area (Å²) in [4.78, 5) is 32.1. The smallest absolute Gasteiger partial charge is 0.280 e. The zero-order valence-corrected chi connectivity index (χ0v) is 37.2. The molecular weight excluding hydrogens is 877 g/mol. The fourth-order valence-electron chi connectivity index (χ4n) is 2.17. The lowest BCUT2D eigenvalue weighted by Crippen LogP contribution is -2.18. The van der Waals surface area contributed by atoms with Crippen LogP contribution in [0.4, 0.5) is 9.59 Å². The molecule has 0 fully saturated rings. The monoisotopic (exact) mass is 920 g/mol. The Kier molecular flexibility index (Phi) is 43.8. The molecule has 0 spiro atoms.